The predicted molar refractivity (Wildman–Crippen MR) is 146 cm³/mol. The Labute approximate surface area is 217 Å². The smallest absolute Gasteiger partial charge is 0.201 e. The van der Waals surface area contributed by atoms with E-state index in [9.17, 15) is 13.2 Å². The number of hydrogen-bond acceptors (Lipinski definition) is 1. The normalized spacial score (nSPS) is 11.2. The molecule has 0 N–H and O–H groups in total. The molecule has 0 aliphatic rings. The first-order chi connectivity index (χ1) is 18.1. The fourth-order valence-corrected chi connectivity index (χ4v) is 4.16. The zero-order valence-corrected chi connectivity index (χ0v) is 21.0. The molecule has 0 bridgehead atoms. The van der Waals surface area contributed by atoms with E-state index < -0.39 is 18.3 Å². The van der Waals surface area contributed by atoms with Gasteiger partial charge in [-0.05, 0) is 64.8 Å². The van der Waals surface area contributed by atoms with E-state index in [1.807, 2.05) is 55.5 Å². The molecule has 4 heteroatoms. The van der Waals surface area contributed by atoms with Gasteiger partial charge >= 0.3 is 0 Å². The average molecular weight is 501 g/mol. The van der Waals surface area contributed by atoms with Gasteiger partial charge in [-0.25, -0.2) is 8.78 Å². The van der Waals surface area contributed by atoms with Gasteiger partial charge in [0.25, 0.3) is 0 Å². The van der Waals surface area contributed by atoms with Gasteiger partial charge in [-0.3, -0.25) is 0 Å². The van der Waals surface area contributed by atoms with E-state index in [-0.39, 0.29) is 11.3 Å². The maximum absolute atomic E-state index is 14.7. The summed E-state index contributed by atoms with van der Waals surface area (Å²) in [6.45, 7) is 1.92. The van der Waals surface area contributed by atoms with Crippen LogP contribution in [0.25, 0.3) is 28.3 Å². The lowest BCUT2D eigenvalue weighted by Crippen LogP contribution is -2.01. The lowest BCUT2D eigenvalue weighted by atomic mass is 9.98. The van der Waals surface area contributed by atoms with Crippen LogP contribution in [0.3, 0.4) is 0 Å². The maximum atomic E-state index is 14.7. The van der Waals surface area contributed by atoms with Crippen LogP contribution in [0.4, 0.5) is 13.2 Å². The molecule has 4 aromatic carbocycles. The van der Waals surface area contributed by atoms with E-state index in [0.717, 1.165) is 47.9 Å². The standard InChI is InChI=1S/C33H31F3O/c1-2-3-23-37-31-21-20-30(32(35)33(31)36)29-18-12-26(13-19-29)7-6-25-10-16-28(17-11-25)27-14-8-24(9-15-27)5-4-22-34/h4-5,8-21H,2-3,6-7,22-23H2,1H3/b5-4+. The highest BCUT2D eigenvalue weighted by atomic mass is 19.2. The third kappa shape index (κ3) is 6.91. The first kappa shape index (κ1) is 26.3. The third-order valence-electron chi connectivity index (χ3n) is 6.37. The van der Waals surface area contributed by atoms with E-state index >= 15 is 0 Å². The van der Waals surface area contributed by atoms with Crippen molar-refractivity contribution in [2.24, 2.45) is 0 Å². The maximum Gasteiger partial charge on any atom is 0.201 e. The summed E-state index contributed by atoms with van der Waals surface area (Å²) in [7, 11) is 0. The van der Waals surface area contributed by atoms with Crippen molar-refractivity contribution in [3.05, 3.63) is 119 Å². The minimum Gasteiger partial charge on any atom is -0.490 e. The molecule has 0 amide bonds. The number of benzene rings is 4. The lowest BCUT2D eigenvalue weighted by molar-refractivity contribution is 0.289. The molecule has 190 valence electrons. The molecule has 0 heterocycles. The molecule has 0 spiro atoms. The lowest BCUT2D eigenvalue weighted by Gasteiger charge is -2.11. The second-order valence-corrected chi connectivity index (χ2v) is 9.01. The van der Waals surface area contributed by atoms with E-state index in [1.165, 1.54) is 17.7 Å². The minimum absolute atomic E-state index is 0.0416. The fourth-order valence-electron chi connectivity index (χ4n) is 4.16. The van der Waals surface area contributed by atoms with Crippen LogP contribution in [0.2, 0.25) is 0 Å². The van der Waals surface area contributed by atoms with Crippen molar-refractivity contribution in [1.82, 2.24) is 0 Å². The molecule has 0 radical (unpaired) electrons. The number of hydrogen-bond donors (Lipinski definition) is 0. The van der Waals surface area contributed by atoms with Crippen LogP contribution in [0, 0.1) is 11.6 Å². The van der Waals surface area contributed by atoms with Gasteiger partial charge < -0.3 is 4.74 Å². The molecular weight excluding hydrogens is 469 g/mol. The molecule has 0 saturated heterocycles. The molecule has 0 fully saturated rings. The number of rotatable bonds is 11. The fraction of sp³-hybridized carbons (Fsp3) is 0.212. The first-order valence-corrected chi connectivity index (χ1v) is 12.7. The molecular formula is C33H31F3O. The van der Waals surface area contributed by atoms with Gasteiger partial charge in [0.05, 0.1) is 6.61 Å². The number of halogens is 3. The molecule has 4 aromatic rings. The summed E-state index contributed by atoms with van der Waals surface area (Å²) in [6, 6.07) is 27.2. The van der Waals surface area contributed by atoms with Crippen molar-refractivity contribution in [2.45, 2.75) is 32.6 Å². The van der Waals surface area contributed by atoms with Crippen molar-refractivity contribution in [3.8, 4) is 28.0 Å². The van der Waals surface area contributed by atoms with Gasteiger partial charge in [0.2, 0.25) is 5.82 Å². The monoisotopic (exact) mass is 500 g/mol. The van der Waals surface area contributed by atoms with Gasteiger partial charge in [-0.15, -0.1) is 0 Å². The number of alkyl halides is 1. The Morgan fingerprint density at radius 2 is 1.24 bits per heavy atom. The molecule has 0 saturated carbocycles. The average Bonchev–Trinajstić information content (AvgIpc) is 2.94. The summed E-state index contributed by atoms with van der Waals surface area (Å²) < 4.78 is 46.8. The summed E-state index contributed by atoms with van der Waals surface area (Å²) >= 11 is 0. The molecule has 37 heavy (non-hydrogen) atoms. The second-order valence-electron chi connectivity index (χ2n) is 9.01. The predicted octanol–water partition coefficient (Wildman–Crippen LogP) is 9.25. The molecule has 0 aromatic heterocycles. The van der Waals surface area contributed by atoms with Crippen molar-refractivity contribution >= 4 is 6.08 Å². The first-order valence-electron chi connectivity index (χ1n) is 12.7. The van der Waals surface area contributed by atoms with Gasteiger partial charge in [0.15, 0.2) is 11.6 Å². The van der Waals surface area contributed by atoms with Gasteiger partial charge in [-0.2, -0.15) is 4.39 Å². The molecule has 0 unspecified atom stereocenters. The quantitative estimate of drug-likeness (QED) is 0.187. The SMILES string of the molecule is CCCCOc1ccc(-c2ccc(CCc3ccc(-c4ccc(/C=C/CF)cc4)cc3)cc2)c(F)c1F. The Hall–Kier alpha value is -3.79. The largest absolute Gasteiger partial charge is 0.490 e. The van der Waals surface area contributed by atoms with Gasteiger partial charge in [0.1, 0.15) is 6.67 Å². The van der Waals surface area contributed by atoms with E-state index in [4.69, 9.17) is 4.74 Å². The van der Waals surface area contributed by atoms with Crippen LogP contribution in [-0.4, -0.2) is 13.3 Å². The highest BCUT2D eigenvalue weighted by molar-refractivity contribution is 5.67. The Balaban J connectivity index is 1.36. The topological polar surface area (TPSA) is 9.23 Å². The highest BCUT2D eigenvalue weighted by Gasteiger charge is 2.15. The zero-order valence-electron chi connectivity index (χ0n) is 21.0. The zero-order chi connectivity index (χ0) is 26.0. The van der Waals surface area contributed by atoms with Crippen molar-refractivity contribution < 1.29 is 17.9 Å². The number of ether oxygens (including phenoxy) is 1. The van der Waals surface area contributed by atoms with Crippen LogP contribution in [0.1, 0.15) is 36.5 Å². The molecule has 0 aliphatic heterocycles. The Bertz CT molecular complexity index is 1310. The van der Waals surface area contributed by atoms with Crippen molar-refractivity contribution in [1.29, 1.82) is 0 Å². The van der Waals surface area contributed by atoms with Crippen molar-refractivity contribution in [2.75, 3.05) is 13.3 Å². The van der Waals surface area contributed by atoms with E-state index in [1.54, 1.807) is 12.1 Å². The molecule has 0 aliphatic carbocycles. The molecule has 1 nitrogen and oxygen atoms in total. The number of allylic oxidation sites excluding steroid dienone is 1. The van der Waals surface area contributed by atoms with Crippen LogP contribution < -0.4 is 4.74 Å². The van der Waals surface area contributed by atoms with Crippen LogP contribution >= 0.6 is 0 Å². The second kappa shape index (κ2) is 13.0. The van der Waals surface area contributed by atoms with Gasteiger partial charge in [-0.1, -0.05) is 98.3 Å². The Morgan fingerprint density at radius 3 is 1.81 bits per heavy atom. The van der Waals surface area contributed by atoms with Crippen molar-refractivity contribution in [3.63, 3.8) is 0 Å². The van der Waals surface area contributed by atoms with Gasteiger partial charge in [0, 0.05) is 5.56 Å². The molecule has 0 atom stereocenters. The van der Waals surface area contributed by atoms with E-state index in [2.05, 4.69) is 24.3 Å². The van der Waals surface area contributed by atoms with E-state index in [0.29, 0.717) is 12.2 Å². The molecule has 4 rings (SSSR count). The minimum atomic E-state index is -0.939. The number of aryl methyl sites for hydroxylation is 2. The Kier molecular flexibility index (Phi) is 9.20. The highest BCUT2D eigenvalue weighted by Crippen LogP contribution is 2.30. The summed E-state index contributed by atoms with van der Waals surface area (Å²) in [4.78, 5) is 0. The summed E-state index contributed by atoms with van der Waals surface area (Å²) in [6.07, 6.45) is 6.71. The third-order valence-corrected chi connectivity index (χ3v) is 6.37. The Morgan fingerprint density at radius 1 is 0.676 bits per heavy atom. The van der Waals surface area contributed by atoms with Crippen LogP contribution in [-0.2, 0) is 12.8 Å². The summed E-state index contributed by atoms with van der Waals surface area (Å²) in [5.74, 6) is -1.86. The summed E-state index contributed by atoms with van der Waals surface area (Å²) in [5, 5.41) is 0. The summed E-state index contributed by atoms with van der Waals surface area (Å²) in [5.41, 5.74) is 6.44. The van der Waals surface area contributed by atoms with Crippen LogP contribution in [0.5, 0.6) is 5.75 Å². The number of unbranched alkanes of at least 4 members (excludes halogenated alkanes) is 1. The van der Waals surface area contributed by atoms with Crippen LogP contribution in [0.15, 0.2) is 91.0 Å².